The van der Waals surface area contributed by atoms with E-state index in [1.165, 1.54) is 30.3 Å². The molecule has 1 heterocycles. The van der Waals surface area contributed by atoms with Gasteiger partial charge in [0, 0.05) is 24.3 Å². The molecule has 0 aliphatic carbocycles. The van der Waals surface area contributed by atoms with Crippen LogP contribution >= 0.6 is 0 Å². The Morgan fingerprint density at radius 3 is 2.50 bits per heavy atom. The molecular formula is C21H23F4N3O2. The van der Waals surface area contributed by atoms with E-state index < -0.39 is 29.6 Å². The Morgan fingerprint density at radius 1 is 1.17 bits per heavy atom. The van der Waals surface area contributed by atoms with Crippen LogP contribution in [0.5, 0.6) is 0 Å². The summed E-state index contributed by atoms with van der Waals surface area (Å²) in [6.07, 6.45) is -3.83. The van der Waals surface area contributed by atoms with Gasteiger partial charge in [-0.15, -0.1) is 0 Å². The number of anilines is 2. The van der Waals surface area contributed by atoms with Gasteiger partial charge in [-0.1, -0.05) is 12.1 Å². The number of urea groups is 1. The SMILES string of the molecule is CC(NC(=O)Nc1ccccc1C(F)(F)F)c1cc(F)ccc1N1CCC(O)CC1. The average Bonchev–Trinajstić information content (AvgIpc) is 2.68. The zero-order chi connectivity index (χ0) is 21.9. The second kappa shape index (κ2) is 8.91. The van der Waals surface area contributed by atoms with Gasteiger partial charge in [0.25, 0.3) is 0 Å². The Labute approximate surface area is 171 Å². The summed E-state index contributed by atoms with van der Waals surface area (Å²) in [6.45, 7) is 2.79. The predicted octanol–water partition coefficient (Wildman–Crippen LogP) is 4.69. The molecule has 30 heavy (non-hydrogen) atoms. The lowest BCUT2D eigenvalue weighted by molar-refractivity contribution is -0.136. The quantitative estimate of drug-likeness (QED) is 0.623. The second-order valence-corrected chi connectivity index (χ2v) is 7.28. The number of nitrogens with zero attached hydrogens (tertiary/aromatic N) is 1. The van der Waals surface area contributed by atoms with Gasteiger partial charge in [0.05, 0.1) is 23.4 Å². The number of hydrogen-bond acceptors (Lipinski definition) is 3. The minimum atomic E-state index is -4.61. The highest BCUT2D eigenvalue weighted by molar-refractivity contribution is 5.90. The summed E-state index contributed by atoms with van der Waals surface area (Å²) in [5.41, 5.74) is -0.0947. The lowest BCUT2D eigenvalue weighted by Crippen LogP contribution is -2.38. The normalized spacial score (nSPS) is 16.3. The van der Waals surface area contributed by atoms with Crippen molar-refractivity contribution in [1.82, 2.24) is 5.32 Å². The summed E-state index contributed by atoms with van der Waals surface area (Å²) in [4.78, 5) is 14.4. The lowest BCUT2D eigenvalue weighted by Gasteiger charge is -2.34. The van der Waals surface area contributed by atoms with Gasteiger partial charge < -0.3 is 20.6 Å². The van der Waals surface area contributed by atoms with E-state index in [2.05, 4.69) is 10.6 Å². The first kappa shape index (κ1) is 21.9. The summed E-state index contributed by atoms with van der Waals surface area (Å²) in [5.74, 6) is -0.484. The second-order valence-electron chi connectivity index (χ2n) is 7.28. The Balaban J connectivity index is 1.76. The third-order valence-electron chi connectivity index (χ3n) is 5.09. The van der Waals surface area contributed by atoms with E-state index in [1.807, 2.05) is 4.90 Å². The summed E-state index contributed by atoms with van der Waals surface area (Å²) in [7, 11) is 0. The zero-order valence-electron chi connectivity index (χ0n) is 16.3. The maximum Gasteiger partial charge on any atom is 0.418 e. The first-order valence-corrected chi connectivity index (χ1v) is 9.61. The minimum Gasteiger partial charge on any atom is -0.393 e. The molecule has 1 unspecified atom stereocenters. The molecule has 1 fully saturated rings. The molecule has 1 aliphatic rings. The molecule has 0 aromatic heterocycles. The predicted molar refractivity (Wildman–Crippen MR) is 106 cm³/mol. The molecule has 3 N–H and O–H groups in total. The average molecular weight is 425 g/mol. The number of aliphatic hydroxyl groups excluding tert-OH is 1. The van der Waals surface area contributed by atoms with Crippen LogP contribution in [0.15, 0.2) is 42.5 Å². The van der Waals surface area contributed by atoms with Gasteiger partial charge >= 0.3 is 12.2 Å². The molecule has 0 radical (unpaired) electrons. The van der Waals surface area contributed by atoms with Gasteiger partial charge in [-0.3, -0.25) is 0 Å². The van der Waals surface area contributed by atoms with Crippen LogP contribution in [0.2, 0.25) is 0 Å². The summed E-state index contributed by atoms with van der Waals surface area (Å²) < 4.78 is 53.3. The van der Waals surface area contributed by atoms with Crippen molar-refractivity contribution in [3.63, 3.8) is 0 Å². The Kier molecular flexibility index (Phi) is 6.50. The molecule has 0 saturated carbocycles. The van der Waals surface area contributed by atoms with Crippen molar-refractivity contribution in [3.05, 3.63) is 59.4 Å². The number of alkyl halides is 3. The van der Waals surface area contributed by atoms with Crippen LogP contribution in [0.4, 0.5) is 33.7 Å². The first-order chi connectivity index (χ1) is 14.1. The van der Waals surface area contributed by atoms with E-state index in [-0.39, 0.29) is 11.8 Å². The first-order valence-electron chi connectivity index (χ1n) is 9.61. The highest BCUT2D eigenvalue weighted by Crippen LogP contribution is 2.35. The third kappa shape index (κ3) is 5.21. The maximum absolute atomic E-state index is 13.9. The fourth-order valence-corrected chi connectivity index (χ4v) is 3.54. The fraction of sp³-hybridized carbons (Fsp3) is 0.381. The van der Waals surface area contributed by atoms with Crippen LogP contribution in [0, 0.1) is 5.82 Å². The number of carbonyl (C=O) groups excluding carboxylic acids is 1. The van der Waals surface area contributed by atoms with Gasteiger partial charge in [0.15, 0.2) is 0 Å². The number of hydrogen-bond donors (Lipinski definition) is 3. The number of nitrogens with one attached hydrogen (secondary N) is 2. The number of rotatable bonds is 4. The number of amides is 2. The van der Waals surface area contributed by atoms with Crippen molar-refractivity contribution in [3.8, 4) is 0 Å². The van der Waals surface area contributed by atoms with Gasteiger partial charge in [0.2, 0.25) is 0 Å². The van der Waals surface area contributed by atoms with Crippen LogP contribution < -0.4 is 15.5 Å². The standard InChI is InChI=1S/C21H23F4N3O2/c1-13(26-20(30)27-18-5-3-2-4-17(18)21(23,24)25)16-12-14(22)6-7-19(16)28-10-8-15(29)9-11-28/h2-7,12-13,15,29H,8-11H2,1H3,(H2,26,27,30). The fourth-order valence-electron chi connectivity index (χ4n) is 3.54. The van der Waals surface area contributed by atoms with Crippen molar-refractivity contribution in [2.75, 3.05) is 23.3 Å². The number of para-hydroxylation sites is 1. The van der Waals surface area contributed by atoms with Crippen LogP contribution in [0.3, 0.4) is 0 Å². The van der Waals surface area contributed by atoms with Crippen LogP contribution in [0.25, 0.3) is 0 Å². The number of halogens is 4. The molecule has 0 spiro atoms. The van der Waals surface area contributed by atoms with E-state index >= 15 is 0 Å². The highest BCUT2D eigenvalue weighted by atomic mass is 19.4. The van der Waals surface area contributed by atoms with Crippen LogP contribution in [0.1, 0.15) is 36.9 Å². The number of aliphatic hydroxyl groups is 1. The Bertz CT molecular complexity index is 896. The van der Waals surface area contributed by atoms with Crippen LogP contribution in [-0.2, 0) is 6.18 Å². The van der Waals surface area contributed by atoms with Crippen LogP contribution in [-0.4, -0.2) is 30.3 Å². The molecule has 2 amide bonds. The monoisotopic (exact) mass is 425 g/mol. The van der Waals surface area contributed by atoms with Crippen molar-refractivity contribution in [2.45, 2.75) is 38.1 Å². The van der Waals surface area contributed by atoms with E-state index in [9.17, 15) is 27.5 Å². The summed E-state index contributed by atoms with van der Waals surface area (Å²) >= 11 is 0. The molecule has 5 nitrogen and oxygen atoms in total. The van der Waals surface area contributed by atoms with E-state index in [4.69, 9.17) is 0 Å². The lowest BCUT2D eigenvalue weighted by atomic mass is 10.0. The molecule has 1 saturated heterocycles. The molecule has 162 valence electrons. The van der Waals surface area contributed by atoms with Gasteiger partial charge in [-0.2, -0.15) is 13.2 Å². The topological polar surface area (TPSA) is 64.6 Å². The maximum atomic E-state index is 13.9. The van der Waals surface area contributed by atoms with Crippen molar-refractivity contribution in [2.24, 2.45) is 0 Å². The number of benzene rings is 2. The largest absolute Gasteiger partial charge is 0.418 e. The van der Waals surface area contributed by atoms with Gasteiger partial charge in [0.1, 0.15) is 5.82 Å². The molecule has 1 aliphatic heterocycles. The Morgan fingerprint density at radius 2 is 1.83 bits per heavy atom. The summed E-state index contributed by atoms with van der Waals surface area (Å²) in [5, 5.41) is 14.5. The molecule has 2 aromatic carbocycles. The van der Waals surface area contributed by atoms with E-state index in [0.29, 0.717) is 37.2 Å². The molecular weight excluding hydrogens is 402 g/mol. The molecule has 0 bridgehead atoms. The minimum absolute atomic E-state index is 0.362. The van der Waals surface area contributed by atoms with E-state index in [1.54, 1.807) is 13.0 Å². The van der Waals surface area contributed by atoms with Crippen molar-refractivity contribution in [1.29, 1.82) is 0 Å². The van der Waals surface area contributed by atoms with Crippen molar-refractivity contribution >= 4 is 17.4 Å². The summed E-state index contributed by atoms with van der Waals surface area (Å²) in [6, 6.07) is 7.41. The highest BCUT2D eigenvalue weighted by Gasteiger charge is 2.33. The number of piperidine rings is 1. The Hall–Kier alpha value is -2.81. The third-order valence-corrected chi connectivity index (χ3v) is 5.09. The number of carbonyl (C=O) groups is 1. The zero-order valence-corrected chi connectivity index (χ0v) is 16.3. The molecule has 1 atom stereocenters. The molecule has 2 aromatic rings. The van der Waals surface area contributed by atoms with E-state index in [0.717, 1.165) is 6.07 Å². The van der Waals surface area contributed by atoms with Gasteiger partial charge in [-0.25, -0.2) is 9.18 Å². The molecule has 9 heteroatoms. The van der Waals surface area contributed by atoms with Crippen molar-refractivity contribution < 1.29 is 27.5 Å². The molecule has 3 rings (SSSR count). The smallest absolute Gasteiger partial charge is 0.393 e. The van der Waals surface area contributed by atoms with Gasteiger partial charge in [-0.05, 0) is 50.1 Å².